The quantitative estimate of drug-likeness (QED) is 0.832. The summed E-state index contributed by atoms with van der Waals surface area (Å²) in [5.41, 5.74) is 6.86. The number of hydrogen-bond donors (Lipinski definition) is 1. The van der Waals surface area contributed by atoms with Crippen molar-refractivity contribution in [1.29, 1.82) is 0 Å². The zero-order valence-corrected chi connectivity index (χ0v) is 10.3. The van der Waals surface area contributed by atoms with Crippen LogP contribution in [0.4, 0.5) is 14.5 Å². The van der Waals surface area contributed by atoms with Gasteiger partial charge in [-0.15, -0.1) is 0 Å². The number of benzene rings is 1. The molecular formula is C14H18F2N2. The van der Waals surface area contributed by atoms with Crippen LogP contribution >= 0.6 is 0 Å². The van der Waals surface area contributed by atoms with Crippen molar-refractivity contribution in [1.82, 2.24) is 0 Å². The van der Waals surface area contributed by atoms with Gasteiger partial charge in [-0.05, 0) is 44.2 Å². The van der Waals surface area contributed by atoms with Crippen molar-refractivity contribution in [2.24, 2.45) is 5.73 Å². The van der Waals surface area contributed by atoms with Crippen LogP contribution in [0.1, 0.15) is 32.1 Å². The maximum absolute atomic E-state index is 13.4. The van der Waals surface area contributed by atoms with E-state index in [9.17, 15) is 8.78 Å². The Hall–Kier alpha value is -1.16. The minimum atomic E-state index is -0.780. The van der Waals surface area contributed by atoms with E-state index < -0.39 is 11.6 Å². The molecule has 2 heterocycles. The average Bonchev–Trinajstić information content (AvgIpc) is 2.32. The van der Waals surface area contributed by atoms with E-state index in [1.807, 2.05) is 0 Å². The summed E-state index contributed by atoms with van der Waals surface area (Å²) in [4.78, 5) is 2.26. The molecule has 0 radical (unpaired) electrons. The lowest BCUT2D eigenvalue weighted by Gasteiger charge is -2.49. The van der Waals surface area contributed by atoms with E-state index in [1.54, 1.807) is 6.07 Å². The van der Waals surface area contributed by atoms with E-state index >= 15 is 0 Å². The molecule has 1 aromatic carbocycles. The van der Waals surface area contributed by atoms with Crippen molar-refractivity contribution in [3.05, 3.63) is 29.8 Å². The third kappa shape index (κ3) is 1.99. The predicted octanol–water partition coefficient (Wildman–Crippen LogP) is 2.81. The first-order chi connectivity index (χ1) is 8.65. The largest absolute Gasteiger partial charge is 0.365 e. The summed E-state index contributed by atoms with van der Waals surface area (Å²) in [6.45, 7) is 0. The van der Waals surface area contributed by atoms with Gasteiger partial charge in [0.1, 0.15) is 0 Å². The third-order valence-electron chi connectivity index (χ3n) is 4.21. The molecule has 0 saturated carbocycles. The lowest BCUT2D eigenvalue weighted by Crippen LogP contribution is -2.55. The highest BCUT2D eigenvalue weighted by Crippen LogP contribution is 2.37. The van der Waals surface area contributed by atoms with E-state index in [0.29, 0.717) is 12.1 Å². The average molecular weight is 252 g/mol. The van der Waals surface area contributed by atoms with Crippen LogP contribution in [-0.2, 0) is 0 Å². The SMILES string of the molecule is NC1CC2CCCC(C1)N2c1ccc(F)c(F)c1. The molecule has 2 nitrogen and oxygen atoms in total. The van der Waals surface area contributed by atoms with Crippen LogP contribution in [0.25, 0.3) is 0 Å². The third-order valence-corrected chi connectivity index (χ3v) is 4.21. The van der Waals surface area contributed by atoms with E-state index in [1.165, 1.54) is 18.6 Å². The fraction of sp³-hybridized carbons (Fsp3) is 0.571. The van der Waals surface area contributed by atoms with Gasteiger partial charge in [-0.3, -0.25) is 0 Å². The van der Waals surface area contributed by atoms with Gasteiger partial charge in [0.15, 0.2) is 11.6 Å². The fourth-order valence-electron chi connectivity index (χ4n) is 3.49. The Kier molecular flexibility index (Phi) is 2.98. The van der Waals surface area contributed by atoms with Crippen LogP contribution in [0.2, 0.25) is 0 Å². The zero-order valence-electron chi connectivity index (χ0n) is 10.3. The zero-order chi connectivity index (χ0) is 12.7. The Morgan fingerprint density at radius 2 is 1.72 bits per heavy atom. The maximum atomic E-state index is 13.4. The molecule has 0 spiro atoms. The molecule has 4 heteroatoms. The van der Waals surface area contributed by atoms with Crippen LogP contribution in [0, 0.1) is 11.6 Å². The Morgan fingerprint density at radius 1 is 1.06 bits per heavy atom. The molecule has 98 valence electrons. The number of nitrogens with zero attached hydrogens (tertiary/aromatic N) is 1. The van der Waals surface area contributed by atoms with Crippen LogP contribution in [0.15, 0.2) is 18.2 Å². The van der Waals surface area contributed by atoms with Crippen LogP contribution in [0.3, 0.4) is 0 Å². The number of fused-ring (bicyclic) bond motifs is 2. The number of anilines is 1. The minimum absolute atomic E-state index is 0.252. The molecule has 2 aliphatic rings. The lowest BCUT2D eigenvalue weighted by molar-refractivity contribution is 0.271. The predicted molar refractivity (Wildman–Crippen MR) is 67.5 cm³/mol. The highest BCUT2D eigenvalue weighted by Gasteiger charge is 2.37. The molecule has 3 rings (SSSR count). The smallest absolute Gasteiger partial charge is 0.160 e. The van der Waals surface area contributed by atoms with Gasteiger partial charge in [0.25, 0.3) is 0 Å². The van der Waals surface area contributed by atoms with Crippen LogP contribution in [0.5, 0.6) is 0 Å². The Balaban J connectivity index is 1.92. The summed E-state index contributed by atoms with van der Waals surface area (Å²) in [6.07, 6.45) is 5.32. The Labute approximate surface area is 106 Å². The van der Waals surface area contributed by atoms with Crippen molar-refractivity contribution < 1.29 is 8.78 Å². The van der Waals surface area contributed by atoms with Gasteiger partial charge >= 0.3 is 0 Å². The number of halogens is 2. The fourth-order valence-corrected chi connectivity index (χ4v) is 3.49. The molecule has 1 aromatic rings. The topological polar surface area (TPSA) is 29.3 Å². The second-order valence-electron chi connectivity index (χ2n) is 5.48. The molecular weight excluding hydrogens is 234 g/mol. The summed E-state index contributed by atoms with van der Waals surface area (Å²) in [6, 6.07) is 5.24. The number of hydrogen-bond acceptors (Lipinski definition) is 2. The normalized spacial score (nSPS) is 31.5. The van der Waals surface area contributed by atoms with Gasteiger partial charge in [0, 0.05) is 29.9 Å². The van der Waals surface area contributed by atoms with Gasteiger partial charge in [0.05, 0.1) is 0 Å². The van der Waals surface area contributed by atoms with Crippen LogP contribution in [-0.4, -0.2) is 18.1 Å². The summed E-state index contributed by atoms with van der Waals surface area (Å²) in [5, 5.41) is 0. The molecule has 0 amide bonds. The number of piperidine rings is 2. The van der Waals surface area contributed by atoms with E-state index in [2.05, 4.69) is 4.90 Å². The molecule has 18 heavy (non-hydrogen) atoms. The minimum Gasteiger partial charge on any atom is -0.365 e. The maximum Gasteiger partial charge on any atom is 0.160 e. The second-order valence-corrected chi connectivity index (χ2v) is 5.48. The van der Waals surface area contributed by atoms with Crippen molar-refractivity contribution >= 4 is 5.69 Å². The number of nitrogens with two attached hydrogens (primary N) is 1. The molecule has 2 N–H and O–H groups in total. The summed E-state index contributed by atoms with van der Waals surface area (Å²) >= 11 is 0. The van der Waals surface area contributed by atoms with Crippen LogP contribution < -0.4 is 10.6 Å². The van der Waals surface area contributed by atoms with Crippen molar-refractivity contribution in [3.8, 4) is 0 Å². The molecule has 2 unspecified atom stereocenters. The van der Waals surface area contributed by atoms with E-state index in [-0.39, 0.29) is 6.04 Å². The molecule has 2 saturated heterocycles. The van der Waals surface area contributed by atoms with Crippen molar-refractivity contribution in [2.45, 2.75) is 50.2 Å². The van der Waals surface area contributed by atoms with Crippen molar-refractivity contribution in [2.75, 3.05) is 4.90 Å². The number of rotatable bonds is 1. The van der Waals surface area contributed by atoms with E-state index in [0.717, 1.165) is 31.4 Å². The first kappa shape index (κ1) is 11.9. The molecule has 2 bridgehead atoms. The van der Waals surface area contributed by atoms with Gasteiger partial charge < -0.3 is 10.6 Å². The highest BCUT2D eigenvalue weighted by molar-refractivity contribution is 5.50. The Bertz CT molecular complexity index is 435. The van der Waals surface area contributed by atoms with Gasteiger partial charge in [-0.2, -0.15) is 0 Å². The molecule has 0 aliphatic carbocycles. The van der Waals surface area contributed by atoms with Gasteiger partial charge in [0.2, 0.25) is 0 Å². The molecule has 2 aliphatic heterocycles. The second kappa shape index (κ2) is 4.50. The molecule has 2 fully saturated rings. The summed E-state index contributed by atoms with van der Waals surface area (Å²) < 4.78 is 26.4. The van der Waals surface area contributed by atoms with Gasteiger partial charge in [-0.1, -0.05) is 0 Å². The molecule has 2 atom stereocenters. The molecule has 0 aromatic heterocycles. The standard InChI is InChI=1S/C14H18F2N2/c15-13-5-4-12(8-14(13)16)18-10-2-1-3-11(18)7-9(17)6-10/h4-5,8-11H,1-3,6-7,17H2. The monoisotopic (exact) mass is 252 g/mol. The first-order valence-electron chi connectivity index (χ1n) is 6.64. The Morgan fingerprint density at radius 3 is 2.33 bits per heavy atom. The van der Waals surface area contributed by atoms with Gasteiger partial charge in [-0.25, -0.2) is 8.78 Å². The lowest BCUT2D eigenvalue weighted by atomic mass is 9.81. The highest BCUT2D eigenvalue weighted by atomic mass is 19.2. The summed E-state index contributed by atoms with van der Waals surface area (Å²) in [7, 11) is 0. The first-order valence-corrected chi connectivity index (χ1v) is 6.64. The van der Waals surface area contributed by atoms with E-state index in [4.69, 9.17) is 5.73 Å². The summed E-state index contributed by atoms with van der Waals surface area (Å²) in [5.74, 6) is -1.54. The van der Waals surface area contributed by atoms with Crippen molar-refractivity contribution in [3.63, 3.8) is 0 Å².